The van der Waals surface area contributed by atoms with Gasteiger partial charge in [-0.05, 0) is 23.6 Å². The van der Waals surface area contributed by atoms with Gasteiger partial charge in [0.1, 0.15) is 13.2 Å². The quantitative estimate of drug-likeness (QED) is 0.372. The number of alkyl carbamates (subject to hydrolysis) is 1. The maximum Gasteiger partial charge on any atom is 0.407 e. The number of hydrogen-bond donors (Lipinski definition) is 2. The van der Waals surface area contributed by atoms with Crippen LogP contribution in [0, 0.1) is 0 Å². The maximum absolute atomic E-state index is 13.7. The number of urea groups is 1. The molecule has 0 radical (unpaired) electrons. The molecule has 0 aliphatic carbocycles. The third-order valence-electron chi connectivity index (χ3n) is 5.72. The van der Waals surface area contributed by atoms with Crippen molar-refractivity contribution >= 4 is 24.0 Å². The van der Waals surface area contributed by atoms with Gasteiger partial charge in [0.25, 0.3) is 5.91 Å². The highest BCUT2D eigenvalue weighted by atomic mass is 16.6. The van der Waals surface area contributed by atoms with E-state index in [2.05, 4.69) is 10.6 Å². The fourth-order valence-electron chi connectivity index (χ4n) is 4.01. The summed E-state index contributed by atoms with van der Waals surface area (Å²) >= 11 is 0. The molecule has 3 aromatic carbocycles. The van der Waals surface area contributed by atoms with Gasteiger partial charge < -0.3 is 20.1 Å². The van der Waals surface area contributed by atoms with E-state index in [4.69, 9.17) is 9.47 Å². The van der Waals surface area contributed by atoms with Crippen LogP contribution in [0.3, 0.4) is 0 Å². The molecule has 36 heavy (non-hydrogen) atoms. The molecule has 0 bridgehead atoms. The normalized spacial score (nSPS) is 15.1. The van der Waals surface area contributed by atoms with Gasteiger partial charge in [-0.2, -0.15) is 0 Å². The molecule has 0 saturated carbocycles. The minimum absolute atomic E-state index is 0.0433. The van der Waals surface area contributed by atoms with Crippen molar-refractivity contribution in [3.63, 3.8) is 0 Å². The molecule has 0 spiro atoms. The van der Waals surface area contributed by atoms with Crippen molar-refractivity contribution < 1.29 is 28.7 Å². The average Bonchev–Trinajstić information content (AvgIpc) is 3.18. The Morgan fingerprint density at radius 2 is 1.42 bits per heavy atom. The van der Waals surface area contributed by atoms with Crippen LogP contribution in [0.2, 0.25) is 0 Å². The molecular formula is C27H25N3O6. The molecule has 1 aliphatic heterocycles. The van der Waals surface area contributed by atoms with E-state index in [-0.39, 0.29) is 6.61 Å². The Morgan fingerprint density at radius 3 is 1.97 bits per heavy atom. The second kappa shape index (κ2) is 10.7. The Kier molecular flexibility index (Phi) is 7.29. The lowest BCUT2D eigenvalue weighted by atomic mass is 9.82. The monoisotopic (exact) mass is 487 g/mol. The van der Waals surface area contributed by atoms with Crippen molar-refractivity contribution in [3.05, 3.63) is 108 Å². The Bertz CT molecular complexity index is 1190. The van der Waals surface area contributed by atoms with Gasteiger partial charge >= 0.3 is 18.1 Å². The van der Waals surface area contributed by atoms with Crippen LogP contribution >= 0.6 is 0 Å². The lowest BCUT2D eigenvalue weighted by Gasteiger charge is -2.29. The topological polar surface area (TPSA) is 114 Å². The molecule has 9 heteroatoms. The summed E-state index contributed by atoms with van der Waals surface area (Å²) in [7, 11) is 0. The average molecular weight is 488 g/mol. The summed E-state index contributed by atoms with van der Waals surface area (Å²) in [5, 5.41) is 5.09. The first-order chi connectivity index (χ1) is 17.4. The summed E-state index contributed by atoms with van der Waals surface area (Å²) in [4.78, 5) is 51.8. The summed E-state index contributed by atoms with van der Waals surface area (Å²) in [5.74, 6) is -1.42. The van der Waals surface area contributed by atoms with Gasteiger partial charge in [0, 0.05) is 0 Å². The van der Waals surface area contributed by atoms with E-state index in [0.29, 0.717) is 11.1 Å². The van der Waals surface area contributed by atoms with Crippen molar-refractivity contribution in [1.82, 2.24) is 15.5 Å². The third kappa shape index (κ3) is 5.05. The molecule has 184 valence electrons. The summed E-state index contributed by atoms with van der Waals surface area (Å²) in [6, 6.07) is 26.1. The van der Waals surface area contributed by atoms with Crippen LogP contribution in [0.5, 0.6) is 0 Å². The molecule has 1 fully saturated rings. The van der Waals surface area contributed by atoms with Gasteiger partial charge in [0.2, 0.25) is 0 Å². The molecule has 3 aromatic rings. The highest BCUT2D eigenvalue weighted by Crippen LogP contribution is 2.36. The van der Waals surface area contributed by atoms with Crippen LogP contribution in [-0.4, -0.2) is 41.7 Å². The number of carbonyl (C=O) groups excluding carboxylic acids is 4. The number of amides is 4. The molecule has 1 unspecified atom stereocenters. The zero-order chi connectivity index (χ0) is 25.5. The summed E-state index contributed by atoms with van der Waals surface area (Å²) in [6.07, 6.45) is -2.02. The molecule has 1 saturated heterocycles. The number of benzene rings is 3. The molecule has 1 atom stereocenters. The second-order valence-corrected chi connectivity index (χ2v) is 8.09. The number of esters is 1. The van der Waals surface area contributed by atoms with E-state index < -0.39 is 42.3 Å². The zero-order valence-electron chi connectivity index (χ0n) is 19.5. The van der Waals surface area contributed by atoms with Crippen LogP contribution < -0.4 is 10.6 Å². The van der Waals surface area contributed by atoms with Crippen LogP contribution in [-0.2, 0) is 31.2 Å². The van der Waals surface area contributed by atoms with Crippen molar-refractivity contribution in [3.8, 4) is 0 Å². The van der Waals surface area contributed by atoms with E-state index >= 15 is 0 Å². The smallest absolute Gasteiger partial charge is 0.407 e. The van der Waals surface area contributed by atoms with E-state index in [0.717, 1.165) is 10.5 Å². The number of ether oxygens (including phenoxy) is 2. The van der Waals surface area contributed by atoms with Crippen LogP contribution in [0.25, 0.3) is 0 Å². The minimum atomic E-state index is -1.47. The molecule has 2 N–H and O–H groups in total. The van der Waals surface area contributed by atoms with Gasteiger partial charge in [-0.1, -0.05) is 91.0 Å². The molecule has 4 amide bonds. The number of imide groups is 1. The van der Waals surface area contributed by atoms with Crippen molar-refractivity contribution in [2.24, 2.45) is 0 Å². The molecule has 1 heterocycles. The standard InChI is InChI=1S/C27H25N3O6/c1-19(36-23(31)17-28-26(34)35-18-20-11-5-2-6-12-20)30-24(32)27(29-25(30)33,21-13-7-3-8-14-21)22-15-9-4-10-16-22/h2-16,19H,17-18H2,1H3,(H,28,34)(H,29,33). The molecule has 1 aliphatic rings. The molecular weight excluding hydrogens is 462 g/mol. The number of rotatable bonds is 8. The van der Waals surface area contributed by atoms with Gasteiger partial charge in [-0.25, -0.2) is 14.5 Å². The Balaban J connectivity index is 1.41. The minimum Gasteiger partial charge on any atom is -0.445 e. The lowest BCUT2D eigenvalue weighted by Crippen LogP contribution is -2.47. The predicted molar refractivity (Wildman–Crippen MR) is 129 cm³/mol. The highest BCUT2D eigenvalue weighted by Gasteiger charge is 2.55. The van der Waals surface area contributed by atoms with Gasteiger partial charge in [0.15, 0.2) is 11.8 Å². The van der Waals surface area contributed by atoms with Crippen molar-refractivity contribution in [2.75, 3.05) is 6.54 Å². The number of nitrogens with one attached hydrogen (secondary N) is 2. The van der Waals surface area contributed by atoms with Gasteiger partial charge in [-0.3, -0.25) is 9.59 Å². The largest absolute Gasteiger partial charge is 0.445 e. The third-order valence-corrected chi connectivity index (χ3v) is 5.72. The summed E-state index contributed by atoms with van der Waals surface area (Å²) < 4.78 is 10.3. The van der Waals surface area contributed by atoms with Crippen molar-refractivity contribution in [2.45, 2.75) is 25.3 Å². The fourth-order valence-corrected chi connectivity index (χ4v) is 4.01. The number of nitrogens with zero attached hydrogens (tertiary/aromatic N) is 1. The predicted octanol–water partition coefficient (Wildman–Crippen LogP) is 3.30. The Hall–Kier alpha value is -4.66. The first kappa shape index (κ1) is 24.5. The van der Waals surface area contributed by atoms with Gasteiger partial charge in [-0.15, -0.1) is 0 Å². The van der Waals surface area contributed by atoms with E-state index in [1.165, 1.54) is 6.92 Å². The van der Waals surface area contributed by atoms with Crippen LogP contribution in [0.15, 0.2) is 91.0 Å². The van der Waals surface area contributed by atoms with E-state index in [9.17, 15) is 19.2 Å². The van der Waals surface area contributed by atoms with E-state index in [1.54, 1.807) is 60.7 Å². The van der Waals surface area contributed by atoms with Crippen molar-refractivity contribution in [1.29, 1.82) is 0 Å². The second-order valence-electron chi connectivity index (χ2n) is 8.09. The highest BCUT2D eigenvalue weighted by molar-refractivity contribution is 6.09. The van der Waals surface area contributed by atoms with E-state index in [1.807, 2.05) is 30.3 Å². The zero-order valence-corrected chi connectivity index (χ0v) is 19.5. The lowest BCUT2D eigenvalue weighted by molar-refractivity contribution is -0.157. The molecule has 0 aromatic heterocycles. The van der Waals surface area contributed by atoms with Gasteiger partial charge in [0.05, 0.1) is 0 Å². The Morgan fingerprint density at radius 1 is 0.889 bits per heavy atom. The maximum atomic E-state index is 13.7. The number of carbonyl (C=O) groups is 4. The molecule has 9 nitrogen and oxygen atoms in total. The molecule has 4 rings (SSSR count). The van der Waals surface area contributed by atoms with Crippen LogP contribution in [0.4, 0.5) is 9.59 Å². The Labute approximate surface area is 208 Å². The fraction of sp³-hybridized carbons (Fsp3) is 0.185. The SMILES string of the molecule is CC(OC(=O)CNC(=O)OCc1ccccc1)N1C(=O)NC(c2ccccc2)(c2ccccc2)C1=O. The summed E-state index contributed by atoms with van der Waals surface area (Å²) in [6.45, 7) is 0.959. The first-order valence-corrected chi connectivity index (χ1v) is 11.3. The summed E-state index contributed by atoms with van der Waals surface area (Å²) in [5.41, 5.74) is 0.458. The van der Waals surface area contributed by atoms with Crippen LogP contribution in [0.1, 0.15) is 23.6 Å². The first-order valence-electron chi connectivity index (χ1n) is 11.3. The number of hydrogen-bond acceptors (Lipinski definition) is 6.